The third kappa shape index (κ3) is 2.63. The van der Waals surface area contributed by atoms with Gasteiger partial charge >= 0.3 is 0 Å². The standard InChI is InChI=1S/C18H21N5O/c1-12-6-4-5-7-15(12)18-20-17(24-21-18)11-22-8-9-23-14(3)13(2)19-16(23)10-22/h4-7H,8-11H2,1-3H3. The van der Waals surface area contributed by atoms with Gasteiger partial charge in [0.15, 0.2) is 0 Å². The van der Waals surface area contributed by atoms with Crippen LogP contribution in [0, 0.1) is 20.8 Å². The smallest absolute Gasteiger partial charge is 0.241 e. The topological polar surface area (TPSA) is 60.0 Å². The van der Waals surface area contributed by atoms with Gasteiger partial charge in [0.25, 0.3) is 0 Å². The summed E-state index contributed by atoms with van der Waals surface area (Å²) in [4.78, 5) is 11.5. The second kappa shape index (κ2) is 5.87. The highest BCUT2D eigenvalue weighted by Gasteiger charge is 2.22. The van der Waals surface area contributed by atoms with Crippen molar-refractivity contribution in [1.29, 1.82) is 0 Å². The Labute approximate surface area is 141 Å². The quantitative estimate of drug-likeness (QED) is 0.742. The first-order chi connectivity index (χ1) is 11.6. The second-order valence-electron chi connectivity index (χ2n) is 6.39. The molecule has 6 heteroatoms. The molecule has 3 heterocycles. The van der Waals surface area contributed by atoms with Crippen molar-refractivity contribution in [1.82, 2.24) is 24.6 Å². The molecule has 0 saturated heterocycles. The Morgan fingerprint density at radius 3 is 2.75 bits per heavy atom. The maximum Gasteiger partial charge on any atom is 0.241 e. The Kier molecular flexibility index (Phi) is 3.69. The molecule has 0 unspecified atom stereocenters. The van der Waals surface area contributed by atoms with Gasteiger partial charge < -0.3 is 9.09 Å². The Morgan fingerprint density at radius 2 is 1.92 bits per heavy atom. The van der Waals surface area contributed by atoms with E-state index in [-0.39, 0.29) is 0 Å². The van der Waals surface area contributed by atoms with Gasteiger partial charge in [-0.05, 0) is 26.3 Å². The number of hydrogen-bond donors (Lipinski definition) is 0. The summed E-state index contributed by atoms with van der Waals surface area (Å²) in [6, 6.07) is 8.08. The summed E-state index contributed by atoms with van der Waals surface area (Å²) < 4.78 is 7.77. The SMILES string of the molecule is Cc1ccccc1-c1noc(CN2CCn3c(nc(C)c3C)C2)n1. The zero-order chi connectivity index (χ0) is 16.7. The number of aryl methyl sites for hydroxylation is 2. The third-order valence-electron chi connectivity index (χ3n) is 4.75. The van der Waals surface area contributed by atoms with Crippen LogP contribution in [-0.2, 0) is 19.6 Å². The van der Waals surface area contributed by atoms with E-state index in [1.807, 2.05) is 18.2 Å². The molecule has 1 aliphatic heterocycles. The molecule has 2 aromatic heterocycles. The number of benzene rings is 1. The molecule has 4 rings (SSSR count). The molecule has 0 N–H and O–H groups in total. The Hall–Kier alpha value is -2.47. The van der Waals surface area contributed by atoms with Gasteiger partial charge in [0.2, 0.25) is 11.7 Å². The first-order valence-corrected chi connectivity index (χ1v) is 8.25. The van der Waals surface area contributed by atoms with Crippen molar-refractivity contribution in [3.63, 3.8) is 0 Å². The van der Waals surface area contributed by atoms with Crippen molar-refractivity contribution in [2.75, 3.05) is 6.54 Å². The number of hydrogen-bond acceptors (Lipinski definition) is 5. The molecule has 0 bridgehead atoms. The van der Waals surface area contributed by atoms with E-state index in [9.17, 15) is 0 Å². The van der Waals surface area contributed by atoms with Gasteiger partial charge in [-0.15, -0.1) is 0 Å². The summed E-state index contributed by atoms with van der Waals surface area (Å²) in [6.45, 7) is 9.65. The van der Waals surface area contributed by atoms with E-state index >= 15 is 0 Å². The lowest BCUT2D eigenvalue weighted by molar-refractivity contribution is 0.182. The molecule has 3 aromatic rings. The highest BCUT2D eigenvalue weighted by atomic mass is 16.5. The summed E-state index contributed by atoms with van der Waals surface area (Å²) in [7, 11) is 0. The monoisotopic (exact) mass is 323 g/mol. The van der Waals surface area contributed by atoms with Crippen LogP contribution in [0.2, 0.25) is 0 Å². The van der Waals surface area contributed by atoms with E-state index in [2.05, 4.69) is 51.4 Å². The summed E-state index contributed by atoms with van der Waals surface area (Å²) in [5.41, 5.74) is 4.56. The highest BCUT2D eigenvalue weighted by Crippen LogP contribution is 2.22. The van der Waals surface area contributed by atoms with Crippen molar-refractivity contribution in [3.05, 3.63) is 52.9 Å². The predicted octanol–water partition coefficient (Wildman–Crippen LogP) is 2.87. The number of imidazole rings is 1. The van der Waals surface area contributed by atoms with Crippen LogP contribution >= 0.6 is 0 Å². The first kappa shape index (κ1) is 15.1. The van der Waals surface area contributed by atoms with Gasteiger partial charge in [-0.25, -0.2) is 4.98 Å². The van der Waals surface area contributed by atoms with Crippen LogP contribution in [0.25, 0.3) is 11.4 Å². The molecule has 1 aliphatic rings. The minimum absolute atomic E-state index is 0.654. The average Bonchev–Trinajstić information content (AvgIpc) is 3.13. The lowest BCUT2D eigenvalue weighted by atomic mass is 10.1. The van der Waals surface area contributed by atoms with Gasteiger partial charge in [0.05, 0.1) is 18.8 Å². The molecule has 0 fully saturated rings. The molecule has 0 saturated carbocycles. The Morgan fingerprint density at radius 1 is 1.08 bits per heavy atom. The molecule has 6 nitrogen and oxygen atoms in total. The molecule has 0 radical (unpaired) electrons. The average molecular weight is 323 g/mol. The molecule has 0 aliphatic carbocycles. The maximum atomic E-state index is 5.46. The molecule has 24 heavy (non-hydrogen) atoms. The third-order valence-corrected chi connectivity index (χ3v) is 4.75. The lowest BCUT2D eigenvalue weighted by Crippen LogP contribution is -2.33. The van der Waals surface area contributed by atoms with Gasteiger partial charge in [-0.1, -0.05) is 29.4 Å². The van der Waals surface area contributed by atoms with Gasteiger partial charge in [0, 0.05) is 24.3 Å². The molecular weight excluding hydrogens is 302 g/mol. The zero-order valence-corrected chi connectivity index (χ0v) is 14.3. The second-order valence-corrected chi connectivity index (χ2v) is 6.39. The van der Waals surface area contributed by atoms with Crippen molar-refractivity contribution in [3.8, 4) is 11.4 Å². The normalized spacial score (nSPS) is 14.8. The van der Waals surface area contributed by atoms with Crippen molar-refractivity contribution in [2.45, 2.75) is 40.4 Å². The minimum Gasteiger partial charge on any atom is -0.338 e. The van der Waals surface area contributed by atoms with E-state index in [0.717, 1.165) is 42.3 Å². The van der Waals surface area contributed by atoms with Crippen LogP contribution in [0.4, 0.5) is 0 Å². The van der Waals surface area contributed by atoms with E-state index in [0.29, 0.717) is 18.3 Å². The fourth-order valence-corrected chi connectivity index (χ4v) is 3.24. The van der Waals surface area contributed by atoms with E-state index in [1.54, 1.807) is 0 Å². The van der Waals surface area contributed by atoms with Gasteiger partial charge in [0.1, 0.15) is 5.82 Å². The van der Waals surface area contributed by atoms with E-state index in [1.165, 1.54) is 5.69 Å². The van der Waals surface area contributed by atoms with E-state index < -0.39 is 0 Å². The maximum absolute atomic E-state index is 5.46. The van der Waals surface area contributed by atoms with Gasteiger partial charge in [-0.3, -0.25) is 4.90 Å². The molecule has 1 aromatic carbocycles. The zero-order valence-electron chi connectivity index (χ0n) is 14.3. The van der Waals surface area contributed by atoms with Gasteiger partial charge in [-0.2, -0.15) is 4.98 Å². The van der Waals surface area contributed by atoms with Crippen molar-refractivity contribution >= 4 is 0 Å². The van der Waals surface area contributed by atoms with Crippen LogP contribution in [0.15, 0.2) is 28.8 Å². The van der Waals surface area contributed by atoms with Crippen LogP contribution in [0.3, 0.4) is 0 Å². The fourth-order valence-electron chi connectivity index (χ4n) is 3.24. The Balaban J connectivity index is 1.50. The van der Waals surface area contributed by atoms with Crippen LogP contribution in [0.5, 0.6) is 0 Å². The largest absolute Gasteiger partial charge is 0.338 e. The minimum atomic E-state index is 0.654. The number of nitrogens with zero attached hydrogens (tertiary/aromatic N) is 5. The summed E-state index contributed by atoms with van der Waals surface area (Å²) in [5.74, 6) is 2.44. The number of rotatable bonds is 3. The summed E-state index contributed by atoms with van der Waals surface area (Å²) >= 11 is 0. The number of fused-ring (bicyclic) bond motifs is 1. The van der Waals surface area contributed by atoms with Crippen LogP contribution in [0.1, 0.15) is 28.7 Å². The molecule has 0 spiro atoms. The highest BCUT2D eigenvalue weighted by molar-refractivity contribution is 5.58. The Bertz CT molecular complexity index is 879. The van der Waals surface area contributed by atoms with Crippen molar-refractivity contribution in [2.24, 2.45) is 0 Å². The lowest BCUT2D eigenvalue weighted by Gasteiger charge is -2.26. The predicted molar refractivity (Wildman–Crippen MR) is 90.3 cm³/mol. The fraction of sp³-hybridized carbons (Fsp3) is 0.389. The molecule has 124 valence electrons. The first-order valence-electron chi connectivity index (χ1n) is 8.25. The summed E-state index contributed by atoms with van der Waals surface area (Å²) in [6.07, 6.45) is 0. The van der Waals surface area contributed by atoms with Crippen LogP contribution < -0.4 is 0 Å². The molecule has 0 atom stereocenters. The molecular formula is C18H21N5O. The number of aromatic nitrogens is 4. The summed E-state index contributed by atoms with van der Waals surface area (Å²) in [5, 5.41) is 4.14. The van der Waals surface area contributed by atoms with Crippen molar-refractivity contribution < 1.29 is 4.52 Å². The van der Waals surface area contributed by atoms with Crippen LogP contribution in [-0.4, -0.2) is 31.1 Å². The molecule has 0 amide bonds. The van der Waals surface area contributed by atoms with E-state index in [4.69, 9.17) is 4.52 Å².